The van der Waals surface area contributed by atoms with Gasteiger partial charge < -0.3 is 14.4 Å². The van der Waals surface area contributed by atoms with Gasteiger partial charge >= 0.3 is 5.97 Å². The number of hydrogen-bond acceptors (Lipinski definition) is 4. The lowest BCUT2D eigenvalue weighted by Gasteiger charge is -2.23. The van der Waals surface area contributed by atoms with E-state index in [1.54, 1.807) is 32.0 Å². The SMILES string of the molecule is Cc1ccc2oc(C(=O)N(CC(=O)O)C(C)C)cc2n1.Cl. The normalized spacial score (nSPS) is 10.5. The molecule has 0 radical (unpaired) electrons. The van der Waals surface area contributed by atoms with E-state index in [0.717, 1.165) is 5.69 Å². The molecule has 0 atom stereocenters. The van der Waals surface area contributed by atoms with Crippen LogP contribution in [0.15, 0.2) is 22.6 Å². The number of carbonyl (C=O) groups excluding carboxylic acids is 1. The summed E-state index contributed by atoms with van der Waals surface area (Å²) in [5, 5.41) is 8.87. The number of carboxylic acids is 1. The Morgan fingerprint density at radius 2 is 2.05 bits per heavy atom. The predicted octanol–water partition coefficient (Wildman–Crippen LogP) is 2.49. The highest BCUT2D eigenvalue weighted by Gasteiger charge is 2.24. The van der Waals surface area contributed by atoms with Crippen molar-refractivity contribution in [2.24, 2.45) is 0 Å². The van der Waals surface area contributed by atoms with Gasteiger partial charge in [-0.25, -0.2) is 4.98 Å². The van der Waals surface area contributed by atoms with E-state index in [1.165, 1.54) is 4.90 Å². The molecule has 0 fully saturated rings. The fraction of sp³-hybridized carbons (Fsp3) is 0.357. The van der Waals surface area contributed by atoms with Crippen LogP contribution in [-0.2, 0) is 4.79 Å². The minimum Gasteiger partial charge on any atom is -0.480 e. The van der Waals surface area contributed by atoms with E-state index >= 15 is 0 Å². The molecule has 7 heteroatoms. The second kappa shape index (κ2) is 6.58. The molecule has 0 aliphatic carbocycles. The summed E-state index contributed by atoms with van der Waals surface area (Å²) in [4.78, 5) is 28.7. The largest absolute Gasteiger partial charge is 0.480 e. The van der Waals surface area contributed by atoms with Gasteiger partial charge in [-0.1, -0.05) is 0 Å². The van der Waals surface area contributed by atoms with Gasteiger partial charge in [0.25, 0.3) is 5.91 Å². The maximum absolute atomic E-state index is 12.3. The van der Waals surface area contributed by atoms with E-state index in [1.807, 2.05) is 6.92 Å². The first kappa shape index (κ1) is 17.0. The predicted molar refractivity (Wildman–Crippen MR) is 79.8 cm³/mol. The van der Waals surface area contributed by atoms with Gasteiger partial charge in [-0.05, 0) is 32.9 Å². The Balaban J connectivity index is 0.00000220. The molecule has 0 spiro atoms. The van der Waals surface area contributed by atoms with Crippen LogP contribution in [0.1, 0.15) is 30.1 Å². The van der Waals surface area contributed by atoms with E-state index < -0.39 is 11.9 Å². The molecule has 2 rings (SSSR count). The molecule has 21 heavy (non-hydrogen) atoms. The number of halogens is 1. The fourth-order valence-corrected chi connectivity index (χ4v) is 1.91. The molecule has 0 saturated carbocycles. The van der Waals surface area contributed by atoms with Crippen molar-refractivity contribution in [3.63, 3.8) is 0 Å². The Morgan fingerprint density at radius 3 is 2.62 bits per heavy atom. The van der Waals surface area contributed by atoms with Crippen molar-refractivity contribution in [1.82, 2.24) is 9.88 Å². The highest BCUT2D eigenvalue weighted by molar-refractivity contribution is 5.96. The lowest BCUT2D eigenvalue weighted by atomic mass is 10.2. The van der Waals surface area contributed by atoms with Crippen molar-refractivity contribution >= 4 is 35.4 Å². The standard InChI is InChI=1S/C14H16N2O4.ClH/c1-8(2)16(7-13(17)18)14(19)12-6-10-11(20-12)5-4-9(3)15-10;/h4-6,8H,7H2,1-3H3,(H,17,18);1H. The van der Waals surface area contributed by atoms with Gasteiger partial charge in [0, 0.05) is 17.8 Å². The molecule has 0 aliphatic heterocycles. The first-order valence-electron chi connectivity index (χ1n) is 6.28. The number of furan rings is 1. The van der Waals surface area contributed by atoms with Gasteiger partial charge in [-0.3, -0.25) is 9.59 Å². The zero-order valence-corrected chi connectivity index (χ0v) is 12.8. The van der Waals surface area contributed by atoms with Crippen molar-refractivity contribution in [1.29, 1.82) is 0 Å². The number of fused-ring (bicyclic) bond motifs is 1. The number of hydrogen-bond donors (Lipinski definition) is 1. The molecule has 0 bridgehead atoms. The van der Waals surface area contributed by atoms with Gasteiger partial charge in [0.15, 0.2) is 11.3 Å². The van der Waals surface area contributed by atoms with E-state index in [-0.39, 0.29) is 30.8 Å². The maximum Gasteiger partial charge on any atom is 0.323 e. The summed E-state index contributed by atoms with van der Waals surface area (Å²) in [7, 11) is 0. The molecule has 2 heterocycles. The van der Waals surface area contributed by atoms with Crippen molar-refractivity contribution in [2.75, 3.05) is 6.54 Å². The zero-order valence-electron chi connectivity index (χ0n) is 12.0. The van der Waals surface area contributed by atoms with E-state index in [0.29, 0.717) is 11.1 Å². The summed E-state index contributed by atoms with van der Waals surface area (Å²) in [6, 6.07) is 4.84. The van der Waals surface area contributed by atoms with Crippen LogP contribution in [0.3, 0.4) is 0 Å². The molecule has 1 amide bonds. The Morgan fingerprint density at radius 1 is 1.38 bits per heavy atom. The third-order valence-corrected chi connectivity index (χ3v) is 2.91. The molecular weight excluding hydrogens is 296 g/mol. The Hall–Kier alpha value is -2.08. The number of rotatable bonds is 4. The van der Waals surface area contributed by atoms with Crippen molar-refractivity contribution in [3.8, 4) is 0 Å². The second-order valence-electron chi connectivity index (χ2n) is 4.87. The summed E-state index contributed by atoms with van der Waals surface area (Å²) in [5.41, 5.74) is 1.92. The molecule has 2 aromatic rings. The fourth-order valence-electron chi connectivity index (χ4n) is 1.91. The van der Waals surface area contributed by atoms with Gasteiger partial charge in [0.05, 0.1) is 0 Å². The van der Waals surface area contributed by atoms with Gasteiger partial charge in [0.2, 0.25) is 0 Å². The summed E-state index contributed by atoms with van der Waals surface area (Å²) >= 11 is 0. The molecule has 0 unspecified atom stereocenters. The average molecular weight is 313 g/mol. The monoisotopic (exact) mass is 312 g/mol. The van der Waals surface area contributed by atoms with Crippen molar-refractivity contribution < 1.29 is 19.1 Å². The van der Waals surface area contributed by atoms with E-state index in [9.17, 15) is 9.59 Å². The van der Waals surface area contributed by atoms with Crippen LogP contribution in [0.4, 0.5) is 0 Å². The van der Waals surface area contributed by atoms with Crippen LogP contribution in [0.2, 0.25) is 0 Å². The number of carboxylic acid groups (broad SMARTS) is 1. The number of aryl methyl sites for hydroxylation is 1. The lowest BCUT2D eigenvalue weighted by molar-refractivity contribution is -0.138. The average Bonchev–Trinajstić information content (AvgIpc) is 2.77. The first-order valence-corrected chi connectivity index (χ1v) is 6.28. The third kappa shape index (κ3) is 3.72. The third-order valence-electron chi connectivity index (χ3n) is 2.91. The Bertz CT molecular complexity index is 666. The molecule has 2 aromatic heterocycles. The summed E-state index contributed by atoms with van der Waals surface area (Å²) in [5.74, 6) is -1.40. The topological polar surface area (TPSA) is 83.6 Å². The summed E-state index contributed by atoms with van der Waals surface area (Å²) in [6.45, 7) is 5.00. The number of pyridine rings is 1. The highest BCUT2D eigenvalue weighted by Crippen LogP contribution is 2.20. The number of aromatic nitrogens is 1. The Kier molecular flexibility index (Phi) is 5.32. The van der Waals surface area contributed by atoms with Gasteiger partial charge in [-0.2, -0.15) is 0 Å². The number of carbonyl (C=O) groups is 2. The minimum atomic E-state index is -1.06. The number of amides is 1. The number of aliphatic carboxylic acids is 1. The van der Waals surface area contributed by atoms with Crippen LogP contribution in [0.25, 0.3) is 11.1 Å². The quantitative estimate of drug-likeness (QED) is 0.937. The van der Waals surface area contributed by atoms with Crippen LogP contribution in [0, 0.1) is 6.92 Å². The maximum atomic E-state index is 12.3. The van der Waals surface area contributed by atoms with E-state index in [2.05, 4.69) is 4.98 Å². The van der Waals surface area contributed by atoms with Gasteiger partial charge in [0.1, 0.15) is 12.1 Å². The van der Waals surface area contributed by atoms with Crippen molar-refractivity contribution in [2.45, 2.75) is 26.8 Å². The first-order chi connectivity index (χ1) is 9.38. The van der Waals surface area contributed by atoms with Crippen LogP contribution in [-0.4, -0.2) is 39.5 Å². The lowest BCUT2D eigenvalue weighted by Crippen LogP contribution is -2.40. The summed E-state index contributed by atoms with van der Waals surface area (Å²) in [6.07, 6.45) is 0. The minimum absolute atomic E-state index is 0. The Labute approximate surface area is 128 Å². The molecule has 0 aromatic carbocycles. The highest BCUT2D eigenvalue weighted by atomic mass is 35.5. The molecular formula is C14H17ClN2O4. The smallest absolute Gasteiger partial charge is 0.323 e. The number of nitrogens with zero attached hydrogens (tertiary/aromatic N) is 2. The summed E-state index contributed by atoms with van der Waals surface area (Å²) < 4.78 is 5.45. The molecule has 6 nitrogen and oxygen atoms in total. The molecule has 0 aliphatic rings. The van der Waals surface area contributed by atoms with Crippen LogP contribution in [0.5, 0.6) is 0 Å². The van der Waals surface area contributed by atoms with Crippen LogP contribution < -0.4 is 0 Å². The molecule has 0 saturated heterocycles. The van der Waals surface area contributed by atoms with E-state index in [4.69, 9.17) is 9.52 Å². The molecule has 1 N–H and O–H groups in total. The van der Waals surface area contributed by atoms with Crippen molar-refractivity contribution in [3.05, 3.63) is 29.7 Å². The second-order valence-corrected chi connectivity index (χ2v) is 4.87. The van der Waals surface area contributed by atoms with Gasteiger partial charge in [-0.15, -0.1) is 12.4 Å². The van der Waals surface area contributed by atoms with Crippen LogP contribution >= 0.6 is 12.4 Å². The zero-order chi connectivity index (χ0) is 14.9. The molecule has 114 valence electrons.